The molecule has 1 heterocycles. The van der Waals surface area contributed by atoms with Crippen molar-refractivity contribution in [1.29, 1.82) is 0 Å². The fourth-order valence-electron chi connectivity index (χ4n) is 7.91. The highest BCUT2D eigenvalue weighted by molar-refractivity contribution is 7.89. The first-order chi connectivity index (χ1) is 22.6. The Morgan fingerprint density at radius 1 is 0.979 bits per heavy atom. The van der Waals surface area contributed by atoms with Crippen molar-refractivity contribution in [2.75, 3.05) is 6.54 Å². The largest absolute Gasteiger partial charge is 0.481 e. The summed E-state index contributed by atoms with van der Waals surface area (Å²) >= 11 is 0. The predicted octanol–water partition coefficient (Wildman–Crippen LogP) is 4.49. The van der Waals surface area contributed by atoms with E-state index >= 15 is 0 Å². The van der Waals surface area contributed by atoms with E-state index < -0.39 is 46.5 Å². The maximum Gasteiger partial charge on any atom is 0.481 e. The number of carbonyl (C=O) groups excluding carboxylic acids is 3. The van der Waals surface area contributed by atoms with Crippen LogP contribution in [0.5, 0.6) is 0 Å². The van der Waals surface area contributed by atoms with Crippen LogP contribution in [0.3, 0.4) is 0 Å². The summed E-state index contributed by atoms with van der Waals surface area (Å²) in [6, 6.07) is 4.15. The Bertz CT molecular complexity index is 1390. The van der Waals surface area contributed by atoms with Crippen LogP contribution in [0.15, 0.2) is 29.2 Å². The normalized spacial score (nSPS) is 25.5. The van der Waals surface area contributed by atoms with Crippen LogP contribution in [-0.4, -0.2) is 63.5 Å². The molecule has 13 heteroatoms. The summed E-state index contributed by atoms with van der Waals surface area (Å²) in [6.45, 7) is 12.9. The Labute approximate surface area is 287 Å². The molecular weight excluding hydrogens is 631 g/mol. The van der Waals surface area contributed by atoms with E-state index in [1.165, 1.54) is 43.5 Å². The molecule has 4 aliphatic rings. The Balaban J connectivity index is 1.43. The molecule has 11 nitrogen and oxygen atoms in total. The zero-order valence-corrected chi connectivity index (χ0v) is 30.5. The molecule has 0 aromatic heterocycles. The van der Waals surface area contributed by atoms with Crippen molar-refractivity contribution in [3.05, 3.63) is 29.8 Å². The Morgan fingerprint density at radius 3 is 2.23 bits per heavy atom. The van der Waals surface area contributed by atoms with E-state index in [9.17, 15) is 22.8 Å². The zero-order chi connectivity index (χ0) is 35.3. The third-order valence-electron chi connectivity index (χ3n) is 10.9. The monoisotopic (exact) mass is 688 g/mol. The molecule has 0 radical (unpaired) electrons. The van der Waals surface area contributed by atoms with Gasteiger partial charge in [0.25, 0.3) is 5.91 Å². The molecule has 0 unspecified atom stereocenters. The van der Waals surface area contributed by atoms with Crippen molar-refractivity contribution in [1.82, 2.24) is 16.0 Å². The summed E-state index contributed by atoms with van der Waals surface area (Å²) in [7, 11) is -4.54. The lowest BCUT2D eigenvalue weighted by atomic mass is 9.43. The molecule has 1 aromatic carbocycles. The van der Waals surface area contributed by atoms with Gasteiger partial charge in [0, 0.05) is 18.5 Å². The minimum absolute atomic E-state index is 0.0387. The summed E-state index contributed by atoms with van der Waals surface area (Å²) in [5.74, 6) is -0.466. The average Bonchev–Trinajstić information content (AvgIpc) is 3.38. The van der Waals surface area contributed by atoms with Gasteiger partial charge < -0.3 is 25.3 Å². The van der Waals surface area contributed by atoms with E-state index in [1.807, 2.05) is 0 Å². The topological polar surface area (TPSA) is 166 Å². The molecule has 4 fully saturated rings. The second-order valence-corrected chi connectivity index (χ2v) is 16.9. The molecule has 3 saturated carbocycles. The molecular formula is C35H57BN4O7S. The minimum Gasteiger partial charge on any atom is -0.404 e. The van der Waals surface area contributed by atoms with Gasteiger partial charge in [-0.05, 0) is 80.0 Å². The van der Waals surface area contributed by atoms with Gasteiger partial charge in [0.2, 0.25) is 21.8 Å². The smallest absolute Gasteiger partial charge is 0.404 e. The number of carbonyl (C=O) groups is 3. The van der Waals surface area contributed by atoms with E-state index in [4.69, 9.17) is 14.4 Å². The van der Waals surface area contributed by atoms with Crippen LogP contribution in [0.25, 0.3) is 0 Å². The van der Waals surface area contributed by atoms with Gasteiger partial charge in [0.05, 0.1) is 22.5 Å². The summed E-state index contributed by atoms with van der Waals surface area (Å²) in [5, 5.41) is 13.9. The second-order valence-electron chi connectivity index (χ2n) is 15.4. The van der Waals surface area contributed by atoms with E-state index in [0.717, 1.165) is 32.1 Å². The van der Waals surface area contributed by atoms with Gasteiger partial charge in [-0.2, -0.15) is 0 Å². The molecule has 5 N–H and O–H groups in total. The number of nitrogens with two attached hydrogens (primary N) is 1. The van der Waals surface area contributed by atoms with Gasteiger partial charge in [-0.25, -0.2) is 13.6 Å². The van der Waals surface area contributed by atoms with Crippen molar-refractivity contribution in [2.45, 2.75) is 141 Å². The number of benzene rings is 1. The zero-order valence-electron chi connectivity index (χ0n) is 29.7. The third kappa shape index (κ3) is 9.19. The molecule has 1 aromatic rings. The van der Waals surface area contributed by atoms with E-state index in [1.54, 1.807) is 0 Å². The molecule has 0 spiro atoms. The second kappa shape index (κ2) is 16.0. The van der Waals surface area contributed by atoms with Crippen LogP contribution in [0.2, 0.25) is 0 Å². The highest BCUT2D eigenvalue weighted by Gasteiger charge is 2.68. The van der Waals surface area contributed by atoms with Crippen molar-refractivity contribution in [3.8, 4) is 0 Å². The van der Waals surface area contributed by atoms with Gasteiger partial charge in [0.1, 0.15) is 6.04 Å². The van der Waals surface area contributed by atoms with Crippen LogP contribution in [-0.2, 0) is 28.9 Å². The molecule has 6 atom stereocenters. The SMILES string of the molecule is CCCCCCCCCC(=O)N[C@@H](CNC(=O)c1ccc(S(N)(=O)=O)cc1)C(=O)N[C@@H](CC(C)C)B1O[C@@H]2C[C@H]3C[C@H](C3(C)C)[C@]2(C)O1. The van der Waals surface area contributed by atoms with Crippen LogP contribution in [0.4, 0.5) is 0 Å². The number of hydrogen-bond acceptors (Lipinski definition) is 7. The predicted molar refractivity (Wildman–Crippen MR) is 186 cm³/mol. The minimum atomic E-state index is -3.91. The molecule has 1 saturated heterocycles. The van der Waals surface area contributed by atoms with E-state index in [-0.39, 0.29) is 46.8 Å². The van der Waals surface area contributed by atoms with Crippen molar-refractivity contribution in [3.63, 3.8) is 0 Å². The van der Waals surface area contributed by atoms with E-state index in [0.29, 0.717) is 24.7 Å². The maximum atomic E-state index is 13.9. The molecule has 268 valence electrons. The number of sulfonamides is 1. The highest BCUT2D eigenvalue weighted by atomic mass is 32.2. The summed E-state index contributed by atoms with van der Waals surface area (Å²) < 4.78 is 36.5. The lowest BCUT2D eigenvalue weighted by molar-refractivity contribution is -0.199. The van der Waals surface area contributed by atoms with Gasteiger partial charge in [-0.15, -0.1) is 0 Å². The Morgan fingerprint density at radius 2 is 1.62 bits per heavy atom. The van der Waals surface area contributed by atoms with Crippen LogP contribution >= 0.6 is 0 Å². The van der Waals surface area contributed by atoms with Crippen LogP contribution in [0, 0.1) is 23.2 Å². The van der Waals surface area contributed by atoms with E-state index in [2.05, 4.69) is 57.5 Å². The quantitative estimate of drug-likeness (QED) is 0.130. The summed E-state index contributed by atoms with van der Waals surface area (Å²) in [6.07, 6.45) is 10.4. The standard InChI is InChI=1S/C35H57BN4O7S/c1-7-8-9-10-11-12-13-14-31(41)39-27(22-38-32(42)24-15-17-26(18-16-24)48(37,44)45)33(43)40-30(19-23(2)3)36-46-29-21-25-20-28(34(25,4)5)35(29,6)47-36/h15-18,23,25,27-30H,7-14,19-22H2,1-6H3,(H,38,42)(H,39,41)(H,40,43)(H2,37,44,45)/t25-,27+,28-,29-,30+,35+/m1/s1. The summed E-state index contributed by atoms with van der Waals surface area (Å²) in [4.78, 5) is 39.9. The maximum absolute atomic E-state index is 13.9. The van der Waals surface area contributed by atoms with Gasteiger partial charge in [0.15, 0.2) is 0 Å². The molecule has 48 heavy (non-hydrogen) atoms. The molecule has 2 bridgehead atoms. The number of amides is 3. The lowest BCUT2D eigenvalue weighted by Crippen LogP contribution is -2.65. The van der Waals surface area contributed by atoms with Gasteiger partial charge in [-0.3, -0.25) is 14.4 Å². The first-order valence-corrected chi connectivity index (χ1v) is 19.4. The summed E-state index contributed by atoms with van der Waals surface area (Å²) in [5.41, 5.74) is -0.0548. The molecule has 3 amide bonds. The molecule has 5 rings (SSSR count). The van der Waals surface area contributed by atoms with Gasteiger partial charge >= 0.3 is 7.12 Å². The first kappa shape index (κ1) is 38.3. The fourth-order valence-corrected chi connectivity index (χ4v) is 8.43. The number of rotatable bonds is 18. The first-order valence-electron chi connectivity index (χ1n) is 17.9. The van der Waals surface area contributed by atoms with Crippen LogP contribution in [0.1, 0.15) is 123 Å². The molecule has 1 aliphatic heterocycles. The third-order valence-corrected chi connectivity index (χ3v) is 11.9. The van der Waals surface area contributed by atoms with Crippen molar-refractivity contribution in [2.24, 2.45) is 28.3 Å². The highest BCUT2D eigenvalue weighted by Crippen LogP contribution is 2.65. The lowest BCUT2D eigenvalue weighted by Gasteiger charge is -2.64. The van der Waals surface area contributed by atoms with Crippen molar-refractivity contribution >= 4 is 34.9 Å². The van der Waals surface area contributed by atoms with Crippen LogP contribution < -0.4 is 21.1 Å². The fraction of sp³-hybridized carbons (Fsp3) is 0.743. The number of unbranched alkanes of at least 4 members (excludes halogenated alkanes) is 6. The van der Waals surface area contributed by atoms with Crippen molar-refractivity contribution < 1.29 is 32.1 Å². The number of primary sulfonamides is 1. The molecule has 3 aliphatic carbocycles. The number of hydrogen-bond donors (Lipinski definition) is 4. The average molecular weight is 689 g/mol. The van der Waals surface area contributed by atoms with Gasteiger partial charge in [-0.1, -0.05) is 73.1 Å². The number of nitrogens with one attached hydrogen (secondary N) is 3. The Kier molecular flexibility index (Phi) is 12.8. The Hall–Kier alpha value is -2.48.